The molecule has 49 heavy (non-hydrogen) atoms. The largest absolute Gasteiger partial charge is 0.465 e. The third-order valence-electron chi connectivity index (χ3n) is 9.79. The maximum absolute atomic E-state index is 14.3. The number of nitrogens with one attached hydrogen (secondary N) is 3. The van der Waals surface area contributed by atoms with E-state index in [2.05, 4.69) is 32.5 Å². The van der Waals surface area contributed by atoms with Crippen molar-refractivity contribution >= 4 is 89.8 Å². The topological polar surface area (TPSA) is 151 Å². The second-order valence-corrected chi connectivity index (χ2v) is 14.2. The molecule has 5 heterocycles. The standard InChI is InChI=1S/C36H34ClN7O4S/c1-18-17-49-33-24(30-16-42(2)7-8-43(30)36(47)48)13-29-32(31(18)33)21(14-37)15-44(29)35(46)28-12-20-10-23(4-6-26(20)41-28)39-34(45)27-11-19-9-22(38)3-5-25(19)40-27/h3-6,9-13,17,21,30,40-41H,7-8,14-16,38H2,1-2H3,(H,39,45)(H,47,48)/t21-,30?/m1/s1. The number of rotatable bonds is 5. The van der Waals surface area contributed by atoms with E-state index in [0.29, 0.717) is 54.8 Å². The maximum atomic E-state index is 14.3. The molecule has 2 aliphatic heterocycles. The number of anilines is 3. The van der Waals surface area contributed by atoms with E-state index in [9.17, 15) is 19.5 Å². The van der Waals surface area contributed by atoms with Gasteiger partial charge in [0.1, 0.15) is 11.4 Å². The molecular formula is C36H34ClN7O4S. The van der Waals surface area contributed by atoms with Gasteiger partial charge in [0, 0.05) is 86.9 Å². The number of benzene rings is 3. The van der Waals surface area contributed by atoms with Crippen molar-refractivity contribution in [3.63, 3.8) is 0 Å². The highest BCUT2D eigenvalue weighted by molar-refractivity contribution is 7.17. The normalized spacial score (nSPS) is 18.1. The highest BCUT2D eigenvalue weighted by Crippen LogP contribution is 2.49. The Labute approximate surface area is 290 Å². The van der Waals surface area contributed by atoms with Gasteiger partial charge in [-0.15, -0.1) is 22.9 Å². The predicted molar refractivity (Wildman–Crippen MR) is 196 cm³/mol. The molecule has 0 aliphatic carbocycles. The third kappa shape index (κ3) is 5.27. The minimum Gasteiger partial charge on any atom is -0.465 e. The number of carbonyl (C=O) groups excluding carboxylic acids is 2. The van der Waals surface area contributed by atoms with Crippen molar-refractivity contribution in [2.45, 2.75) is 18.9 Å². The van der Waals surface area contributed by atoms with E-state index in [1.165, 1.54) is 4.90 Å². The van der Waals surface area contributed by atoms with E-state index in [0.717, 1.165) is 54.3 Å². The molecule has 6 N–H and O–H groups in total. The molecule has 0 saturated carbocycles. The highest BCUT2D eigenvalue weighted by atomic mass is 35.5. The Morgan fingerprint density at radius 1 is 1.00 bits per heavy atom. The molecule has 13 heteroatoms. The summed E-state index contributed by atoms with van der Waals surface area (Å²) in [5, 5.41) is 17.9. The Balaban J connectivity index is 1.13. The Morgan fingerprint density at radius 2 is 1.73 bits per heavy atom. The zero-order chi connectivity index (χ0) is 34.1. The molecule has 0 radical (unpaired) electrons. The van der Waals surface area contributed by atoms with Gasteiger partial charge in [-0.1, -0.05) is 0 Å². The number of nitrogen functional groups attached to an aromatic ring is 1. The molecule has 6 aromatic rings. The van der Waals surface area contributed by atoms with Crippen LogP contribution in [0.2, 0.25) is 0 Å². The van der Waals surface area contributed by atoms with Crippen LogP contribution in [-0.2, 0) is 0 Å². The molecule has 2 aliphatic rings. The van der Waals surface area contributed by atoms with Crippen LogP contribution >= 0.6 is 22.9 Å². The first kappa shape index (κ1) is 31.2. The summed E-state index contributed by atoms with van der Waals surface area (Å²) in [6, 6.07) is 16.1. The second-order valence-electron chi connectivity index (χ2n) is 13.0. The Hall–Kier alpha value is -5.04. The number of aromatic amines is 2. The number of aromatic nitrogens is 2. The lowest BCUT2D eigenvalue weighted by molar-refractivity contribution is 0.0780. The van der Waals surface area contributed by atoms with Gasteiger partial charge >= 0.3 is 6.09 Å². The van der Waals surface area contributed by atoms with Crippen LogP contribution in [0.25, 0.3) is 31.9 Å². The number of nitrogens with two attached hydrogens (primary N) is 1. The molecule has 1 fully saturated rings. The fourth-order valence-electron chi connectivity index (χ4n) is 7.38. The van der Waals surface area contributed by atoms with Crippen LogP contribution in [0.5, 0.6) is 0 Å². The SMILES string of the molecule is Cc1csc2c(C3CN(C)CCN3C(=O)O)cc3c(c12)[C@H](CCl)CN3C(=O)c1cc2cc(NC(=O)c3cc4cc(N)ccc4[nH]3)ccc2[nH]1. The summed E-state index contributed by atoms with van der Waals surface area (Å²) < 4.78 is 1.05. The number of nitrogens with zero attached hydrogens (tertiary/aromatic N) is 3. The highest BCUT2D eigenvalue weighted by Gasteiger charge is 2.39. The number of thiophene rings is 1. The molecular weight excluding hydrogens is 662 g/mol. The first-order chi connectivity index (χ1) is 23.6. The van der Waals surface area contributed by atoms with Gasteiger partial charge in [-0.05, 0) is 90.6 Å². The van der Waals surface area contributed by atoms with E-state index in [4.69, 9.17) is 17.3 Å². The van der Waals surface area contributed by atoms with Gasteiger partial charge in [-0.2, -0.15) is 0 Å². The van der Waals surface area contributed by atoms with E-state index in [1.54, 1.807) is 40.5 Å². The van der Waals surface area contributed by atoms with Gasteiger partial charge in [0.2, 0.25) is 0 Å². The lowest BCUT2D eigenvalue weighted by Gasteiger charge is -2.39. The average Bonchev–Trinajstić information content (AvgIpc) is 3.87. The molecule has 8 rings (SSSR count). The summed E-state index contributed by atoms with van der Waals surface area (Å²) in [4.78, 5) is 51.6. The van der Waals surface area contributed by atoms with Crippen LogP contribution in [-0.4, -0.2) is 81.9 Å². The number of halogens is 1. The van der Waals surface area contributed by atoms with E-state index < -0.39 is 6.09 Å². The monoisotopic (exact) mass is 695 g/mol. The molecule has 3 aromatic heterocycles. The smallest absolute Gasteiger partial charge is 0.407 e. The second kappa shape index (κ2) is 11.8. The fourth-order valence-corrected chi connectivity index (χ4v) is 8.76. The summed E-state index contributed by atoms with van der Waals surface area (Å²) >= 11 is 8.18. The number of alkyl halides is 1. The summed E-state index contributed by atoms with van der Waals surface area (Å²) in [6.07, 6.45) is -0.952. The maximum Gasteiger partial charge on any atom is 0.407 e. The van der Waals surface area contributed by atoms with Crippen molar-refractivity contribution in [2.75, 3.05) is 55.1 Å². The molecule has 3 aromatic carbocycles. The average molecular weight is 696 g/mol. The van der Waals surface area contributed by atoms with Crippen LogP contribution in [0.1, 0.15) is 49.6 Å². The number of amides is 3. The molecule has 0 bridgehead atoms. The van der Waals surface area contributed by atoms with Crippen molar-refractivity contribution in [1.29, 1.82) is 0 Å². The zero-order valence-electron chi connectivity index (χ0n) is 26.8. The van der Waals surface area contributed by atoms with Crippen LogP contribution < -0.4 is 16.0 Å². The molecule has 0 spiro atoms. The Morgan fingerprint density at radius 3 is 2.51 bits per heavy atom. The fraction of sp³-hybridized carbons (Fsp3) is 0.250. The number of likely N-dealkylation sites (N-methyl/N-ethyl adjacent to an activating group) is 1. The summed E-state index contributed by atoms with van der Waals surface area (Å²) in [6.45, 7) is 4.08. The van der Waals surface area contributed by atoms with Crippen LogP contribution in [0.3, 0.4) is 0 Å². The van der Waals surface area contributed by atoms with Gasteiger partial charge in [-0.3, -0.25) is 14.5 Å². The number of aryl methyl sites for hydroxylation is 1. The number of fused-ring (bicyclic) bond motifs is 5. The number of hydrogen-bond donors (Lipinski definition) is 5. The Kier molecular flexibility index (Phi) is 7.54. The molecule has 1 unspecified atom stereocenters. The number of hydrogen-bond acceptors (Lipinski definition) is 6. The van der Waals surface area contributed by atoms with Crippen molar-refractivity contribution in [3.05, 3.63) is 88.1 Å². The number of piperazine rings is 1. The van der Waals surface area contributed by atoms with Gasteiger partial charge in [-0.25, -0.2) is 4.79 Å². The lowest BCUT2D eigenvalue weighted by atomic mass is 9.92. The van der Waals surface area contributed by atoms with E-state index in [1.807, 2.05) is 37.4 Å². The minimum absolute atomic E-state index is 0.0812. The molecule has 250 valence electrons. The van der Waals surface area contributed by atoms with Crippen LogP contribution in [0.4, 0.5) is 21.9 Å². The Bertz CT molecular complexity index is 2330. The van der Waals surface area contributed by atoms with Crippen molar-refractivity contribution in [1.82, 2.24) is 19.8 Å². The van der Waals surface area contributed by atoms with Crippen molar-refractivity contribution in [2.24, 2.45) is 0 Å². The molecule has 3 amide bonds. The summed E-state index contributed by atoms with van der Waals surface area (Å²) in [5.41, 5.74) is 13.3. The third-order valence-corrected chi connectivity index (χ3v) is 11.3. The van der Waals surface area contributed by atoms with Gasteiger partial charge < -0.3 is 35.9 Å². The quantitative estimate of drug-likeness (QED) is 0.0972. The van der Waals surface area contributed by atoms with Crippen LogP contribution in [0, 0.1) is 6.92 Å². The zero-order valence-corrected chi connectivity index (χ0v) is 28.4. The first-order valence-electron chi connectivity index (χ1n) is 16.0. The van der Waals surface area contributed by atoms with Gasteiger partial charge in [0.05, 0.1) is 6.04 Å². The van der Waals surface area contributed by atoms with E-state index in [-0.39, 0.29) is 23.8 Å². The summed E-state index contributed by atoms with van der Waals surface area (Å²) in [5.74, 6) is -0.240. The van der Waals surface area contributed by atoms with E-state index >= 15 is 0 Å². The van der Waals surface area contributed by atoms with Crippen molar-refractivity contribution in [3.8, 4) is 0 Å². The molecule has 1 saturated heterocycles. The minimum atomic E-state index is -0.952. The molecule has 11 nitrogen and oxygen atoms in total. The summed E-state index contributed by atoms with van der Waals surface area (Å²) in [7, 11) is 2.00. The van der Waals surface area contributed by atoms with Crippen LogP contribution in [0.15, 0.2) is 60.0 Å². The van der Waals surface area contributed by atoms with Gasteiger partial charge in [0.15, 0.2) is 0 Å². The first-order valence-corrected chi connectivity index (χ1v) is 17.4. The predicted octanol–water partition coefficient (Wildman–Crippen LogP) is 6.96. The number of H-pyrrole nitrogens is 2. The molecule has 2 atom stereocenters. The van der Waals surface area contributed by atoms with Crippen molar-refractivity contribution < 1.29 is 19.5 Å². The lowest BCUT2D eigenvalue weighted by Crippen LogP contribution is -2.48. The van der Waals surface area contributed by atoms with Gasteiger partial charge in [0.25, 0.3) is 11.8 Å². The number of carbonyl (C=O) groups is 3. The number of carboxylic acid groups (broad SMARTS) is 1.